The first-order valence-electron chi connectivity index (χ1n) is 5.93. The van der Waals surface area contributed by atoms with Gasteiger partial charge in [-0.05, 0) is 11.5 Å². The summed E-state index contributed by atoms with van der Waals surface area (Å²) < 4.78 is 27.3. The van der Waals surface area contributed by atoms with Gasteiger partial charge in [0.2, 0.25) is 0 Å². The maximum absolute atomic E-state index is 12.4. The number of sulfonamides is 1. The molecule has 1 N–H and O–H groups in total. The molecule has 0 aliphatic heterocycles. The van der Waals surface area contributed by atoms with Crippen LogP contribution in [0.1, 0.15) is 0 Å². The van der Waals surface area contributed by atoms with E-state index in [1.807, 2.05) is 24.3 Å². The zero-order valence-corrected chi connectivity index (χ0v) is 11.2. The summed E-state index contributed by atoms with van der Waals surface area (Å²) in [6, 6.07) is 12.5. The fourth-order valence-electron chi connectivity index (χ4n) is 1.97. The second-order valence-electron chi connectivity index (χ2n) is 4.17. The van der Waals surface area contributed by atoms with Crippen LogP contribution in [0.15, 0.2) is 66.0 Å². The molecule has 0 unspecified atom stereocenters. The van der Waals surface area contributed by atoms with Crippen molar-refractivity contribution in [2.75, 3.05) is 4.72 Å². The lowest BCUT2D eigenvalue weighted by molar-refractivity contribution is 0.602. The molecule has 0 radical (unpaired) electrons. The molecule has 5 nitrogen and oxygen atoms in total. The van der Waals surface area contributed by atoms with E-state index in [0.717, 1.165) is 5.39 Å². The number of nitrogens with zero attached hydrogens (tertiary/aromatic N) is 2. The number of nitrogens with one attached hydrogen (secondary N) is 1. The van der Waals surface area contributed by atoms with Crippen LogP contribution in [0.5, 0.6) is 0 Å². The highest BCUT2D eigenvalue weighted by Gasteiger charge is 2.17. The summed E-state index contributed by atoms with van der Waals surface area (Å²) in [4.78, 5) is 7.98. The van der Waals surface area contributed by atoms with Crippen molar-refractivity contribution in [3.63, 3.8) is 0 Å². The molecular formula is C14H11N3O2S. The molecule has 100 valence electrons. The van der Waals surface area contributed by atoms with E-state index in [-0.39, 0.29) is 10.7 Å². The number of rotatable bonds is 3. The Bertz CT molecular complexity index is 843. The first-order valence-corrected chi connectivity index (χ1v) is 7.42. The Morgan fingerprint density at radius 3 is 2.55 bits per heavy atom. The fourth-order valence-corrected chi connectivity index (χ4v) is 3.20. The Balaban J connectivity index is 2.10. The van der Waals surface area contributed by atoms with Crippen molar-refractivity contribution >= 4 is 26.6 Å². The van der Waals surface area contributed by atoms with Gasteiger partial charge in [-0.15, -0.1) is 0 Å². The Morgan fingerprint density at radius 1 is 0.950 bits per heavy atom. The lowest BCUT2D eigenvalue weighted by Gasteiger charge is -2.09. The van der Waals surface area contributed by atoms with Gasteiger partial charge in [-0.2, -0.15) is 0 Å². The third-order valence-electron chi connectivity index (χ3n) is 2.84. The zero-order chi connectivity index (χ0) is 14.0. The maximum Gasteiger partial charge on any atom is 0.263 e. The lowest BCUT2D eigenvalue weighted by Crippen LogP contribution is -2.14. The monoisotopic (exact) mass is 285 g/mol. The molecule has 0 fully saturated rings. The lowest BCUT2D eigenvalue weighted by atomic mass is 10.1. The molecule has 0 aliphatic carbocycles. The first-order chi connectivity index (χ1) is 9.67. The van der Waals surface area contributed by atoms with Crippen LogP contribution in [0.2, 0.25) is 0 Å². The highest BCUT2D eigenvalue weighted by molar-refractivity contribution is 7.93. The van der Waals surface area contributed by atoms with E-state index < -0.39 is 10.0 Å². The van der Waals surface area contributed by atoms with E-state index in [2.05, 4.69) is 14.7 Å². The number of benzene rings is 2. The van der Waals surface area contributed by atoms with Gasteiger partial charge in [-0.3, -0.25) is 9.71 Å². The fraction of sp³-hybridized carbons (Fsp3) is 0. The van der Waals surface area contributed by atoms with Crippen molar-refractivity contribution in [3.8, 4) is 0 Å². The van der Waals surface area contributed by atoms with Crippen LogP contribution in [-0.2, 0) is 10.0 Å². The molecule has 0 amide bonds. The summed E-state index contributed by atoms with van der Waals surface area (Å²) in [6.07, 6.45) is 4.28. The number of hydrogen-bond donors (Lipinski definition) is 1. The third kappa shape index (κ3) is 2.33. The summed E-state index contributed by atoms with van der Waals surface area (Å²) >= 11 is 0. The Morgan fingerprint density at radius 2 is 1.75 bits per heavy atom. The van der Waals surface area contributed by atoms with Crippen LogP contribution in [-0.4, -0.2) is 18.4 Å². The van der Waals surface area contributed by atoms with Crippen molar-refractivity contribution in [3.05, 3.63) is 61.1 Å². The molecule has 20 heavy (non-hydrogen) atoms. The van der Waals surface area contributed by atoms with E-state index >= 15 is 0 Å². The van der Waals surface area contributed by atoms with Crippen molar-refractivity contribution in [2.24, 2.45) is 0 Å². The van der Waals surface area contributed by atoms with Gasteiger partial charge in [0.15, 0.2) is 5.82 Å². The molecule has 0 bridgehead atoms. The van der Waals surface area contributed by atoms with Crippen molar-refractivity contribution in [2.45, 2.75) is 4.90 Å². The van der Waals surface area contributed by atoms with Crippen LogP contribution in [0, 0.1) is 0 Å². The second-order valence-corrected chi connectivity index (χ2v) is 5.82. The predicted molar refractivity (Wildman–Crippen MR) is 76.8 cm³/mol. The number of anilines is 1. The minimum absolute atomic E-state index is 0.195. The third-order valence-corrected chi connectivity index (χ3v) is 4.25. The average molecular weight is 285 g/mol. The van der Waals surface area contributed by atoms with Crippen LogP contribution in [0.25, 0.3) is 10.8 Å². The smallest absolute Gasteiger partial charge is 0.262 e. The standard InChI is InChI=1S/C14H11N3O2S/c18-20(19,17-14-10-15-8-9-16-14)13-7-3-5-11-4-1-2-6-12(11)13/h1-10H,(H,16,17). The Kier molecular flexibility index (Phi) is 3.08. The van der Waals surface area contributed by atoms with Crippen LogP contribution in [0.3, 0.4) is 0 Å². The van der Waals surface area contributed by atoms with Gasteiger partial charge < -0.3 is 0 Å². The summed E-state index contributed by atoms with van der Waals surface area (Å²) in [5.74, 6) is 0.195. The van der Waals surface area contributed by atoms with E-state index in [1.54, 1.807) is 18.2 Å². The molecule has 0 spiro atoms. The average Bonchev–Trinajstić information content (AvgIpc) is 2.47. The SMILES string of the molecule is O=S(=O)(Nc1cnccn1)c1cccc2ccccc12. The summed E-state index contributed by atoms with van der Waals surface area (Å²) in [7, 11) is -3.69. The number of aromatic nitrogens is 2. The minimum atomic E-state index is -3.69. The zero-order valence-electron chi connectivity index (χ0n) is 10.4. The molecule has 2 aromatic carbocycles. The van der Waals surface area contributed by atoms with Gasteiger partial charge in [0.05, 0.1) is 11.1 Å². The second kappa shape index (κ2) is 4.90. The van der Waals surface area contributed by atoms with Crippen LogP contribution >= 0.6 is 0 Å². The largest absolute Gasteiger partial charge is 0.263 e. The predicted octanol–water partition coefficient (Wildman–Crippen LogP) is 2.43. The molecular weight excluding hydrogens is 274 g/mol. The van der Waals surface area contributed by atoms with Gasteiger partial charge in [-0.1, -0.05) is 36.4 Å². The normalized spacial score (nSPS) is 11.4. The van der Waals surface area contributed by atoms with E-state index in [4.69, 9.17) is 0 Å². The molecule has 6 heteroatoms. The van der Waals surface area contributed by atoms with E-state index in [1.165, 1.54) is 18.6 Å². The van der Waals surface area contributed by atoms with Gasteiger partial charge in [0, 0.05) is 17.8 Å². The highest BCUT2D eigenvalue weighted by Crippen LogP contribution is 2.24. The van der Waals surface area contributed by atoms with E-state index in [0.29, 0.717) is 5.39 Å². The van der Waals surface area contributed by atoms with Gasteiger partial charge in [-0.25, -0.2) is 13.4 Å². The van der Waals surface area contributed by atoms with Gasteiger partial charge in [0.25, 0.3) is 10.0 Å². The van der Waals surface area contributed by atoms with Crippen LogP contribution < -0.4 is 4.72 Å². The molecule has 3 aromatic rings. The molecule has 0 saturated carbocycles. The molecule has 1 heterocycles. The minimum Gasteiger partial charge on any atom is -0.262 e. The number of fused-ring (bicyclic) bond motifs is 1. The quantitative estimate of drug-likeness (QED) is 0.802. The first kappa shape index (κ1) is 12.6. The van der Waals surface area contributed by atoms with Gasteiger partial charge in [0.1, 0.15) is 0 Å². The summed E-state index contributed by atoms with van der Waals surface area (Å²) in [6.45, 7) is 0. The van der Waals surface area contributed by atoms with Crippen molar-refractivity contribution < 1.29 is 8.42 Å². The van der Waals surface area contributed by atoms with Gasteiger partial charge >= 0.3 is 0 Å². The van der Waals surface area contributed by atoms with E-state index in [9.17, 15) is 8.42 Å². The number of hydrogen-bond acceptors (Lipinski definition) is 4. The van der Waals surface area contributed by atoms with Crippen molar-refractivity contribution in [1.29, 1.82) is 0 Å². The summed E-state index contributed by atoms with van der Waals surface area (Å²) in [5.41, 5.74) is 0. The van der Waals surface area contributed by atoms with Crippen molar-refractivity contribution in [1.82, 2.24) is 9.97 Å². The molecule has 0 saturated heterocycles. The molecule has 0 aliphatic rings. The Labute approximate surface area is 116 Å². The highest BCUT2D eigenvalue weighted by atomic mass is 32.2. The summed E-state index contributed by atoms with van der Waals surface area (Å²) in [5, 5.41) is 1.54. The van der Waals surface area contributed by atoms with Crippen LogP contribution in [0.4, 0.5) is 5.82 Å². The Hall–Kier alpha value is -2.47. The maximum atomic E-state index is 12.4. The topological polar surface area (TPSA) is 72.0 Å². The molecule has 0 atom stereocenters. The molecule has 3 rings (SSSR count). The molecule has 1 aromatic heterocycles.